The number of carbonyl (C=O) groups excluding carboxylic acids is 2. The fourth-order valence-corrected chi connectivity index (χ4v) is 4.12. The quantitative estimate of drug-likeness (QED) is 0.757. The molecule has 31 heavy (non-hydrogen) atoms. The van der Waals surface area contributed by atoms with Gasteiger partial charge in [-0.25, -0.2) is 0 Å². The third-order valence-electron chi connectivity index (χ3n) is 5.70. The molecule has 1 aromatic carbocycles. The molecular weight excluding hydrogens is 388 g/mol. The third-order valence-corrected chi connectivity index (χ3v) is 5.70. The summed E-state index contributed by atoms with van der Waals surface area (Å²) in [6, 6.07) is 14.0. The number of rotatable bonds is 3. The third kappa shape index (κ3) is 6.37. The normalized spacial score (nSPS) is 16.4. The molecule has 0 aliphatic carbocycles. The standard InChI is InChI=1S/C25H34N4O2/c1-20(2)25(31)28-16-8-14-27(19-23-11-6-7-13-26-23)15-9-17-29(21(3)30)24-12-5-4-10-22(24)18-28/h4-7,10-13,20H,8-9,14-19H2,1-3H3. The van der Waals surface area contributed by atoms with Gasteiger partial charge in [-0.2, -0.15) is 0 Å². The van der Waals surface area contributed by atoms with Gasteiger partial charge in [0.15, 0.2) is 0 Å². The van der Waals surface area contributed by atoms with Crippen molar-refractivity contribution in [3.63, 3.8) is 0 Å². The molecule has 0 spiro atoms. The molecule has 1 aliphatic rings. The second kappa shape index (κ2) is 11.0. The molecule has 3 rings (SSSR count). The Morgan fingerprint density at radius 1 is 0.968 bits per heavy atom. The Bertz CT molecular complexity index is 869. The first kappa shape index (κ1) is 22.9. The van der Waals surface area contributed by atoms with Crippen LogP contribution in [0.3, 0.4) is 0 Å². The average molecular weight is 423 g/mol. The smallest absolute Gasteiger partial charge is 0.225 e. The number of benzene rings is 1. The maximum atomic E-state index is 12.9. The predicted octanol–water partition coefficient (Wildman–Crippen LogP) is 3.72. The molecule has 0 fully saturated rings. The Kier molecular flexibility index (Phi) is 8.18. The maximum absolute atomic E-state index is 12.9. The van der Waals surface area contributed by atoms with Gasteiger partial charge in [0.2, 0.25) is 11.8 Å². The first-order valence-electron chi connectivity index (χ1n) is 11.2. The number of aromatic nitrogens is 1. The van der Waals surface area contributed by atoms with Gasteiger partial charge in [-0.1, -0.05) is 38.1 Å². The van der Waals surface area contributed by atoms with Crippen molar-refractivity contribution >= 4 is 17.5 Å². The summed E-state index contributed by atoms with van der Waals surface area (Å²) in [5, 5.41) is 0. The van der Waals surface area contributed by atoms with Crippen molar-refractivity contribution in [3.05, 3.63) is 59.9 Å². The van der Waals surface area contributed by atoms with Crippen molar-refractivity contribution in [2.24, 2.45) is 5.92 Å². The summed E-state index contributed by atoms with van der Waals surface area (Å²) < 4.78 is 0. The number of hydrogen-bond acceptors (Lipinski definition) is 4. The minimum absolute atomic E-state index is 0.0301. The van der Waals surface area contributed by atoms with E-state index in [-0.39, 0.29) is 17.7 Å². The highest BCUT2D eigenvalue weighted by Crippen LogP contribution is 2.24. The van der Waals surface area contributed by atoms with Crippen molar-refractivity contribution in [3.8, 4) is 0 Å². The van der Waals surface area contributed by atoms with E-state index in [0.717, 1.165) is 49.4 Å². The van der Waals surface area contributed by atoms with Crippen LogP contribution in [-0.2, 0) is 22.7 Å². The Hall–Kier alpha value is -2.73. The minimum atomic E-state index is -0.0615. The van der Waals surface area contributed by atoms with E-state index in [4.69, 9.17) is 0 Å². The van der Waals surface area contributed by atoms with E-state index in [0.29, 0.717) is 19.6 Å². The molecule has 1 aliphatic heterocycles. The van der Waals surface area contributed by atoms with Crippen LogP contribution in [-0.4, -0.2) is 52.8 Å². The first-order chi connectivity index (χ1) is 15.0. The van der Waals surface area contributed by atoms with Crippen molar-refractivity contribution in [2.75, 3.05) is 31.1 Å². The van der Waals surface area contributed by atoms with E-state index < -0.39 is 0 Å². The van der Waals surface area contributed by atoms with E-state index >= 15 is 0 Å². The van der Waals surface area contributed by atoms with Crippen LogP contribution >= 0.6 is 0 Å². The van der Waals surface area contributed by atoms with Crippen LogP contribution in [0.15, 0.2) is 48.7 Å². The van der Waals surface area contributed by atoms with E-state index in [9.17, 15) is 9.59 Å². The number of anilines is 1. The molecule has 0 saturated carbocycles. The summed E-state index contributed by atoms with van der Waals surface area (Å²) in [6.45, 7) is 9.92. The number of hydrogen-bond donors (Lipinski definition) is 0. The van der Waals surface area contributed by atoms with Crippen molar-refractivity contribution in [2.45, 2.75) is 46.7 Å². The number of para-hydroxylation sites is 1. The monoisotopic (exact) mass is 422 g/mol. The molecule has 1 aromatic heterocycles. The lowest BCUT2D eigenvalue weighted by Crippen LogP contribution is -2.39. The summed E-state index contributed by atoms with van der Waals surface area (Å²) in [4.78, 5) is 36.1. The highest BCUT2D eigenvalue weighted by molar-refractivity contribution is 5.92. The van der Waals surface area contributed by atoms with E-state index in [2.05, 4.69) is 9.88 Å². The number of pyridine rings is 1. The van der Waals surface area contributed by atoms with E-state index in [1.165, 1.54) is 0 Å². The van der Waals surface area contributed by atoms with Gasteiger partial charge in [-0.3, -0.25) is 19.5 Å². The molecule has 2 amide bonds. The zero-order chi connectivity index (χ0) is 22.2. The molecule has 2 heterocycles. The zero-order valence-electron chi connectivity index (χ0n) is 19.0. The predicted molar refractivity (Wildman–Crippen MR) is 123 cm³/mol. The fraction of sp³-hybridized carbons (Fsp3) is 0.480. The number of amides is 2. The van der Waals surface area contributed by atoms with Crippen LogP contribution in [0, 0.1) is 5.92 Å². The Balaban J connectivity index is 1.86. The van der Waals surface area contributed by atoms with E-state index in [1.807, 2.05) is 72.3 Å². The lowest BCUT2D eigenvalue weighted by Gasteiger charge is -2.31. The SMILES string of the molecule is CC(=O)N1CCCN(Cc2ccccn2)CCCN(C(=O)C(C)C)Cc2ccccc21. The maximum Gasteiger partial charge on any atom is 0.225 e. The second-order valence-corrected chi connectivity index (χ2v) is 8.52. The second-order valence-electron chi connectivity index (χ2n) is 8.52. The van der Waals surface area contributed by atoms with Gasteiger partial charge in [-0.15, -0.1) is 0 Å². The van der Waals surface area contributed by atoms with E-state index in [1.54, 1.807) is 6.92 Å². The molecule has 6 heteroatoms. The van der Waals surface area contributed by atoms with Crippen LogP contribution in [0.5, 0.6) is 0 Å². The summed E-state index contributed by atoms with van der Waals surface area (Å²) in [7, 11) is 0. The lowest BCUT2D eigenvalue weighted by molar-refractivity contribution is -0.135. The van der Waals surface area contributed by atoms with Gasteiger partial charge in [0.05, 0.1) is 5.69 Å². The molecule has 0 saturated heterocycles. The van der Waals surface area contributed by atoms with Gasteiger partial charge in [-0.05, 0) is 36.6 Å². The van der Waals surface area contributed by atoms with Crippen molar-refractivity contribution in [1.29, 1.82) is 0 Å². The number of fused-ring (bicyclic) bond motifs is 1. The molecular formula is C25H34N4O2. The topological polar surface area (TPSA) is 56.8 Å². The van der Waals surface area contributed by atoms with Crippen LogP contribution in [0.4, 0.5) is 5.69 Å². The van der Waals surface area contributed by atoms with Crippen LogP contribution < -0.4 is 4.90 Å². The molecule has 0 atom stereocenters. The molecule has 0 bridgehead atoms. The number of carbonyl (C=O) groups is 2. The van der Waals surface area contributed by atoms with Gasteiger partial charge in [0.25, 0.3) is 0 Å². The summed E-state index contributed by atoms with van der Waals surface area (Å²) in [5.41, 5.74) is 2.98. The van der Waals surface area contributed by atoms with Crippen molar-refractivity contribution in [1.82, 2.24) is 14.8 Å². The molecule has 0 N–H and O–H groups in total. The largest absolute Gasteiger partial charge is 0.338 e. The highest BCUT2D eigenvalue weighted by atomic mass is 16.2. The molecule has 166 valence electrons. The first-order valence-corrected chi connectivity index (χ1v) is 11.2. The minimum Gasteiger partial charge on any atom is -0.338 e. The van der Waals surface area contributed by atoms with Gasteiger partial charge >= 0.3 is 0 Å². The molecule has 0 radical (unpaired) electrons. The Labute approximate surface area is 185 Å². The Morgan fingerprint density at radius 2 is 1.68 bits per heavy atom. The summed E-state index contributed by atoms with van der Waals surface area (Å²) in [5.74, 6) is 0.119. The van der Waals surface area contributed by atoms with Crippen LogP contribution in [0.25, 0.3) is 0 Å². The summed E-state index contributed by atoms with van der Waals surface area (Å²) in [6.07, 6.45) is 3.61. The van der Waals surface area contributed by atoms with Crippen LogP contribution in [0.1, 0.15) is 44.9 Å². The summed E-state index contributed by atoms with van der Waals surface area (Å²) >= 11 is 0. The van der Waals surface area contributed by atoms with Crippen molar-refractivity contribution < 1.29 is 9.59 Å². The molecule has 6 nitrogen and oxygen atoms in total. The van der Waals surface area contributed by atoms with Gasteiger partial charge < -0.3 is 9.80 Å². The van der Waals surface area contributed by atoms with Crippen LogP contribution in [0.2, 0.25) is 0 Å². The molecule has 0 unspecified atom stereocenters. The average Bonchev–Trinajstić information content (AvgIpc) is 2.75. The Morgan fingerprint density at radius 3 is 2.35 bits per heavy atom. The number of nitrogens with zero attached hydrogens (tertiary/aromatic N) is 4. The van der Waals surface area contributed by atoms with Gasteiger partial charge in [0, 0.05) is 64.0 Å². The van der Waals surface area contributed by atoms with Gasteiger partial charge in [0.1, 0.15) is 0 Å². The molecule has 2 aromatic rings. The highest BCUT2D eigenvalue weighted by Gasteiger charge is 2.22. The lowest BCUT2D eigenvalue weighted by atomic mass is 10.1. The fourth-order valence-electron chi connectivity index (χ4n) is 4.12. The zero-order valence-corrected chi connectivity index (χ0v) is 19.0.